The molecule has 0 bridgehead atoms. The van der Waals surface area contributed by atoms with Gasteiger partial charge in [0.1, 0.15) is 0 Å². The van der Waals surface area contributed by atoms with Gasteiger partial charge in [0, 0.05) is 30.7 Å². The van der Waals surface area contributed by atoms with Crippen molar-refractivity contribution in [2.45, 2.75) is 0 Å². The standard InChI is InChI=1S/C25H20N2/c1-27-17-15-21(19-10-6-3-7-11-19)23-13-12-22-20(18-8-4-2-5-9-18)14-16-26-24(22)25(23)27/h2-16H,17H2,1H3. The minimum atomic E-state index is 0.883. The summed E-state index contributed by atoms with van der Waals surface area (Å²) in [6.45, 7) is 0.883. The summed E-state index contributed by atoms with van der Waals surface area (Å²) < 4.78 is 0. The van der Waals surface area contributed by atoms with E-state index in [2.05, 4.69) is 96.9 Å². The fourth-order valence-corrected chi connectivity index (χ4v) is 4.00. The van der Waals surface area contributed by atoms with Crippen LogP contribution in [-0.2, 0) is 0 Å². The predicted molar refractivity (Wildman–Crippen MR) is 114 cm³/mol. The third kappa shape index (κ3) is 2.61. The van der Waals surface area contributed by atoms with Gasteiger partial charge in [-0.25, -0.2) is 0 Å². The fourth-order valence-electron chi connectivity index (χ4n) is 4.00. The molecule has 1 aromatic heterocycles. The van der Waals surface area contributed by atoms with E-state index in [1.54, 1.807) is 0 Å². The van der Waals surface area contributed by atoms with Crippen LogP contribution in [0.25, 0.3) is 27.6 Å². The van der Waals surface area contributed by atoms with E-state index in [1.807, 2.05) is 6.20 Å². The van der Waals surface area contributed by atoms with Crippen molar-refractivity contribution in [1.29, 1.82) is 0 Å². The van der Waals surface area contributed by atoms with Gasteiger partial charge in [-0.2, -0.15) is 0 Å². The Hall–Kier alpha value is -3.39. The van der Waals surface area contributed by atoms with E-state index in [9.17, 15) is 0 Å². The first-order chi connectivity index (χ1) is 13.3. The van der Waals surface area contributed by atoms with Gasteiger partial charge in [0.15, 0.2) is 0 Å². The van der Waals surface area contributed by atoms with Crippen molar-refractivity contribution < 1.29 is 0 Å². The molecular weight excluding hydrogens is 328 g/mol. The van der Waals surface area contributed by atoms with Crippen LogP contribution >= 0.6 is 0 Å². The lowest BCUT2D eigenvalue weighted by Gasteiger charge is -2.29. The number of pyridine rings is 1. The summed E-state index contributed by atoms with van der Waals surface area (Å²) in [5.74, 6) is 0. The van der Waals surface area contributed by atoms with Gasteiger partial charge >= 0.3 is 0 Å². The Morgan fingerprint density at radius 1 is 0.741 bits per heavy atom. The monoisotopic (exact) mass is 348 g/mol. The van der Waals surface area contributed by atoms with Crippen LogP contribution in [0.1, 0.15) is 11.1 Å². The maximum atomic E-state index is 4.79. The first-order valence-electron chi connectivity index (χ1n) is 9.27. The third-order valence-electron chi connectivity index (χ3n) is 5.30. The van der Waals surface area contributed by atoms with E-state index >= 15 is 0 Å². The first kappa shape index (κ1) is 15.8. The molecule has 3 aromatic carbocycles. The van der Waals surface area contributed by atoms with Crippen LogP contribution in [0.4, 0.5) is 5.69 Å². The van der Waals surface area contributed by atoms with E-state index in [0.717, 1.165) is 12.1 Å². The highest BCUT2D eigenvalue weighted by atomic mass is 15.1. The van der Waals surface area contributed by atoms with Crippen LogP contribution < -0.4 is 4.90 Å². The lowest BCUT2D eigenvalue weighted by Crippen LogP contribution is -2.22. The Bertz CT molecular complexity index is 1150. The highest BCUT2D eigenvalue weighted by Gasteiger charge is 2.21. The number of rotatable bonds is 2. The van der Waals surface area contributed by atoms with Gasteiger partial charge in [0.2, 0.25) is 0 Å². The third-order valence-corrected chi connectivity index (χ3v) is 5.30. The molecule has 0 saturated heterocycles. The summed E-state index contributed by atoms with van der Waals surface area (Å²) in [6, 6.07) is 27.7. The van der Waals surface area contributed by atoms with Crippen LogP contribution in [0.3, 0.4) is 0 Å². The lowest BCUT2D eigenvalue weighted by atomic mass is 9.90. The topological polar surface area (TPSA) is 16.1 Å². The highest BCUT2D eigenvalue weighted by Crippen LogP contribution is 2.41. The number of fused-ring (bicyclic) bond motifs is 3. The number of anilines is 1. The molecule has 2 heteroatoms. The van der Waals surface area contributed by atoms with Crippen LogP contribution in [0.5, 0.6) is 0 Å². The summed E-state index contributed by atoms with van der Waals surface area (Å²) in [5, 5.41) is 1.20. The number of benzene rings is 3. The second-order valence-electron chi connectivity index (χ2n) is 6.95. The van der Waals surface area contributed by atoms with Crippen LogP contribution in [0, 0.1) is 0 Å². The Kier molecular flexibility index (Phi) is 3.75. The molecule has 1 aliphatic rings. The number of hydrogen-bond acceptors (Lipinski definition) is 2. The van der Waals surface area contributed by atoms with Crippen molar-refractivity contribution in [3.8, 4) is 11.1 Å². The van der Waals surface area contributed by atoms with Crippen LogP contribution in [0.15, 0.2) is 91.1 Å². The molecule has 0 unspecified atom stereocenters. The van der Waals surface area contributed by atoms with Gasteiger partial charge in [-0.15, -0.1) is 0 Å². The average molecular weight is 348 g/mol. The molecule has 0 amide bonds. The van der Waals surface area contributed by atoms with Crippen molar-refractivity contribution >= 4 is 22.2 Å². The molecule has 2 heterocycles. The zero-order valence-electron chi connectivity index (χ0n) is 15.3. The summed E-state index contributed by atoms with van der Waals surface area (Å²) >= 11 is 0. The Labute approximate surface area is 159 Å². The zero-order chi connectivity index (χ0) is 18.2. The smallest absolute Gasteiger partial charge is 0.0947 e. The molecule has 0 saturated carbocycles. The quantitative estimate of drug-likeness (QED) is 0.456. The molecule has 5 rings (SSSR count). The molecule has 0 atom stereocenters. The number of hydrogen-bond donors (Lipinski definition) is 0. The molecule has 0 aliphatic carbocycles. The van der Waals surface area contributed by atoms with Gasteiger partial charge in [-0.1, -0.05) is 78.9 Å². The molecule has 0 fully saturated rings. The molecular formula is C25H20N2. The van der Waals surface area contributed by atoms with E-state index in [0.29, 0.717) is 0 Å². The largest absolute Gasteiger partial charge is 0.369 e. The van der Waals surface area contributed by atoms with Crippen molar-refractivity contribution in [1.82, 2.24) is 4.98 Å². The van der Waals surface area contributed by atoms with Gasteiger partial charge in [0.05, 0.1) is 11.2 Å². The maximum Gasteiger partial charge on any atom is 0.0947 e. The second kappa shape index (κ2) is 6.40. The molecule has 0 spiro atoms. The van der Waals surface area contributed by atoms with E-state index in [1.165, 1.54) is 38.9 Å². The van der Waals surface area contributed by atoms with Gasteiger partial charge in [-0.05, 0) is 28.3 Å². The van der Waals surface area contributed by atoms with Crippen molar-refractivity contribution in [2.75, 3.05) is 18.5 Å². The Balaban J connectivity index is 1.76. The number of aromatic nitrogens is 1. The molecule has 1 aliphatic heterocycles. The molecule has 4 aromatic rings. The van der Waals surface area contributed by atoms with Crippen molar-refractivity contribution in [3.63, 3.8) is 0 Å². The zero-order valence-corrected chi connectivity index (χ0v) is 15.3. The van der Waals surface area contributed by atoms with E-state index < -0.39 is 0 Å². The number of nitrogens with zero attached hydrogens (tertiary/aromatic N) is 2. The van der Waals surface area contributed by atoms with Gasteiger partial charge < -0.3 is 4.90 Å². The van der Waals surface area contributed by atoms with E-state index in [-0.39, 0.29) is 0 Å². The summed E-state index contributed by atoms with van der Waals surface area (Å²) in [7, 11) is 2.15. The highest BCUT2D eigenvalue weighted by molar-refractivity contribution is 6.06. The van der Waals surface area contributed by atoms with Crippen molar-refractivity contribution in [3.05, 3.63) is 102 Å². The van der Waals surface area contributed by atoms with Crippen LogP contribution in [0.2, 0.25) is 0 Å². The van der Waals surface area contributed by atoms with Gasteiger partial charge in [-0.3, -0.25) is 4.98 Å². The van der Waals surface area contributed by atoms with Crippen LogP contribution in [-0.4, -0.2) is 18.6 Å². The van der Waals surface area contributed by atoms with E-state index in [4.69, 9.17) is 4.98 Å². The molecule has 0 N–H and O–H groups in total. The SMILES string of the molecule is CN1CC=C(c2ccccc2)c2ccc3c(-c4ccccc4)ccnc3c21. The lowest BCUT2D eigenvalue weighted by molar-refractivity contribution is 1.02. The number of likely N-dealkylation sites (N-methyl/N-ethyl adjacent to an activating group) is 1. The average Bonchev–Trinajstić information content (AvgIpc) is 2.74. The molecule has 0 radical (unpaired) electrons. The summed E-state index contributed by atoms with van der Waals surface area (Å²) in [4.78, 5) is 7.09. The fraction of sp³-hybridized carbons (Fsp3) is 0.0800. The van der Waals surface area contributed by atoms with Crippen molar-refractivity contribution in [2.24, 2.45) is 0 Å². The first-order valence-corrected chi connectivity index (χ1v) is 9.27. The minimum absolute atomic E-state index is 0.883. The normalized spacial score (nSPS) is 13.4. The summed E-state index contributed by atoms with van der Waals surface area (Å²) in [5.41, 5.74) is 8.53. The molecule has 27 heavy (non-hydrogen) atoms. The maximum absolute atomic E-state index is 4.79. The summed E-state index contributed by atoms with van der Waals surface area (Å²) in [6.07, 6.45) is 4.24. The Morgan fingerprint density at radius 2 is 1.44 bits per heavy atom. The predicted octanol–water partition coefficient (Wildman–Crippen LogP) is 5.78. The minimum Gasteiger partial charge on any atom is -0.369 e. The molecule has 2 nitrogen and oxygen atoms in total. The second-order valence-corrected chi connectivity index (χ2v) is 6.95. The molecule has 130 valence electrons. The Morgan fingerprint density at radius 3 is 2.19 bits per heavy atom. The van der Waals surface area contributed by atoms with Gasteiger partial charge in [0.25, 0.3) is 0 Å².